The summed E-state index contributed by atoms with van der Waals surface area (Å²) in [6, 6.07) is 8.29. The monoisotopic (exact) mass is 1000 g/mol. The molecule has 61 heavy (non-hydrogen) atoms. The highest BCUT2D eigenvalue weighted by molar-refractivity contribution is 6.85. The summed E-state index contributed by atoms with van der Waals surface area (Å²) in [6.45, 7) is 33.3. The summed E-state index contributed by atoms with van der Waals surface area (Å²) < 4.78 is 45.3. The summed E-state index contributed by atoms with van der Waals surface area (Å²) in [5.74, 6) is 0. The van der Waals surface area contributed by atoms with Crippen LogP contribution in [0.2, 0.25) is 121 Å². The predicted octanol–water partition coefficient (Wildman–Crippen LogP) is 11.8. The zero-order valence-electron chi connectivity index (χ0n) is 43.0. The lowest BCUT2D eigenvalue weighted by Crippen LogP contribution is -2.44. The number of aliphatic hydroxyl groups excluding tert-OH is 2. The molecular weight excluding hydrogens is 897 g/mol. The van der Waals surface area contributed by atoms with E-state index in [1.807, 2.05) is 0 Å². The fourth-order valence-corrected chi connectivity index (χ4v) is 35.3. The molecule has 0 saturated heterocycles. The van der Waals surface area contributed by atoms with Gasteiger partial charge < -0.3 is 40.6 Å². The first-order chi connectivity index (χ1) is 28.7. The summed E-state index contributed by atoms with van der Waals surface area (Å²) in [6.07, 6.45) is 20.8. The Hall–Kier alpha value is 1.38. The minimum absolute atomic E-state index is 0.186. The van der Waals surface area contributed by atoms with Crippen molar-refractivity contribution in [3.8, 4) is 0 Å². The molecule has 17 heteroatoms. The first kappa shape index (κ1) is 62.4. The van der Waals surface area contributed by atoms with Crippen molar-refractivity contribution in [2.45, 2.75) is 243 Å². The van der Waals surface area contributed by atoms with Crippen LogP contribution in [-0.4, -0.2) is 126 Å². The molecule has 0 aromatic rings. The van der Waals surface area contributed by atoms with Crippen molar-refractivity contribution in [1.29, 1.82) is 0 Å². The minimum Gasteiger partial charge on any atom is -0.461 e. The van der Waals surface area contributed by atoms with E-state index in [0.717, 1.165) is 70.4 Å². The highest BCUT2D eigenvalue weighted by Crippen LogP contribution is 2.30. The van der Waals surface area contributed by atoms with E-state index >= 15 is 0 Å². The van der Waals surface area contributed by atoms with E-state index < -0.39 is 75.8 Å². The Bertz CT molecular complexity index is 1030. The number of rotatable bonds is 45. The van der Waals surface area contributed by atoms with Crippen LogP contribution in [0.1, 0.15) is 116 Å². The normalized spacial score (nSPS) is 16.8. The van der Waals surface area contributed by atoms with E-state index in [2.05, 4.69) is 85.5 Å². The fraction of sp³-hybridized carbons (Fsp3) is 1.00. The lowest BCUT2D eigenvalue weighted by Gasteiger charge is -2.35. The van der Waals surface area contributed by atoms with Gasteiger partial charge in [0.25, 0.3) is 0 Å². The summed E-state index contributed by atoms with van der Waals surface area (Å²) >= 11 is 0. The maximum atomic E-state index is 9.74. The third-order valence-electron chi connectivity index (χ3n) is 12.0. The average Bonchev–Trinajstić information content (AvgIpc) is 3.16. The van der Waals surface area contributed by atoms with Crippen LogP contribution in [0, 0.1) is 0 Å². The van der Waals surface area contributed by atoms with Gasteiger partial charge in [0.1, 0.15) is 25.6 Å². The van der Waals surface area contributed by atoms with E-state index in [-0.39, 0.29) is 13.2 Å². The van der Waals surface area contributed by atoms with Crippen LogP contribution in [0.5, 0.6) is 0 Å². The molecule has 0 heterocycles. The van der Waals surface area contributed by atoms with Crippen molar-refractivity contribution in [3.05, 3.63) is 0 Å². The van der Waals surface area contributed by atoms with Gasteiger partial charge in [0.15, 0.2) is 41.6 Å². The summed E-state index contributed by atoms with van der Waals surface area (Å²) in [5, 5.41) is 18.9. The highest BCUT2D eigenvalue weighted by Gasteiger charge is 2.36. The maximum absolute atomic E-state index is 9.74. The van der Waals surface area contributed by atoms with Crippen LogP contribution >= 0.6 is 0 Å². The Kier molecular flexibility index (Phi) is 36.3. The van der Waals surface area contributed by atoms with E-state index in [1.165, 1.54) is 101 Å². The highest BCUT2D eigenvalue weighted by atomic mass is 28.4. The molecule has 0 fully saturated rings. The van der Waals surface area contributed by atoms with Gasteiger partial charge in [-0.1, -0.05) is 103 Å². The van der Waals surface area contributed by atoms with Crippen LogP contribution in [0.15, 0.2) is 0 Å². The number of unbranched alkanes of at least 4 members (excludes halogenated alkanes) is 12. The van der Waals surface area contributed by atoms with Gasteiger partial charge in [-0.3, -0.25) is 0 Å². The maximum Gasteiger partial charge on any atom is 0.321 e. The van der Waals surface area contributed by atoms with E-state index in [1.54, 1.807) is 0 Å². The van der Waals surface area contributed by atoms with Crippen LogP contribution in [-0.2, 0) is 30.4 Å². The third kappa shape index (κ3) is 37.1. The van der Waals surface area contributed by atoms with Crippen molar-refractivity contribution in [1.82, 2.24) is 0 Å². The lowest BCUT2D eigenvalue weighted by atomic mass is 10.1. The average molecular weight is 1000 g/mol. The van der Waals surface area contributed by atoms with Gasteiger partial charge in [-0.2, -0.15) is 0 Å². The fourth-order valence-electron chi connectivity index (χ4n) is 8.56. The summed E-state index contributed by atoms with van der Waals surface area (Å²) in [7, 11) is -11.7. The molecule has 0 spiro atoms. The number of ether oxygens (including phenoxy) is 1. The summed E-state index contributed by atoms with van der Waals surface area (Å²) in [5.41, 5.74) is 0. The van der Waals surface area contributed by atoms with Crippen LogP contribution in [0.3, 0.4) is 0 Å². The van der Waals surface area contributed by atoms with Crippen LogP contribution in [0.4, 0.5) is 0 Å². The molecule has 2 N–H and O–H groups in total. The second-order valence-corrected chi connectivity index (χ2v) is 48.8. The molecule has 4 atom stereocenters. The van der Waals surface area contributed by atoms with Crippen molar-refractivity contribution < 1.29 is 40.6 Å². The van der Waals surface area contributed by atoms with Crippen molar-refractivity contribution in [2.24, 2.45) is 0 Å². The Morgan fingerprint density at radius 2 is 0.885 bits per heavy atom. The van der Waals surface area contributed by atoms with Gasteiger partial charge in [-0.25, -0.2) is 0 Å². The quantitative estimate of drug-likeness (QED) is 0.0456. The van der Waals surface area contributed by atoms with Gasteiger partial charge in [-0.05, 0) is 133 Å². The second-order valence-electron chi connectivity index (χ2n) is 21.0. The van der Waals surface area contributed by atoms with Crippen molar-refractivity contribution >= 4 is 69.7 Å². The van der Waals surface area contributed by atoms with Gasteiger partial charge in [-0.15, -0.1) is 0 Å². The molecule has 9 nitrogen and oxygen atoms in total. The molecule has 0 aliphatic rings. The molecule has 0 aromatic heterocycles. The molecule has 0 bridgehead atoms. The van der Waals surface area contributed by atoms with Crippen molar-refractivity contribution in [3.63, 3.8) is 0 Å². The second kappa shape index (κ2) is 35.5. The Balaban J connectivity index is 5.22. The van der Waals surface area contributed by atoms with Gasteiger partial charge in [0.05, 0.1) is 13.2 Å². The van der Waals surface area contributed by atoms with Gasteiger partial charge in [0, 0.05) is 26.4 Å². The van der Waals surface area contributed by atoms with E-state index in [0.29, 0.717) is 6.61 Å². The molecule has 0 aliphatic heterocycles. The first-order valence-corrected chi connectivity index (χ1v) is 47.2. The Morgan fingerprint density at radius 1 is 0.459 bits per heavy atom. The molecule has 0 saturated carbocycles. The lowest BCUT2D eigenvalue weighted by molar-refractivity contribution is 0.00631. The number of hydrogen-bond acceptors (Lipinski definition) is 9. The molecular formula is C44H106O9Si8. The predicted molar refractivity (Wildman–Crippen MR) is 285 cm³/mol. The number of aliphatic hydroxyl groups is 2. The van der Waals surface area contributed by atoms with Crippen LogP contribution in [0.25, 0.3) is 0 Å². The summed E-state index contributed by atoms with van der Waals surface area (Å²) in [4.78, 5) is 0. The van der Waals surface area contributed by atoms with Gasteiger partial charge >= 0.3 is 8.56 Å². The van der Waals surface area contributed by atoms with E-state index in [9.17, 15) is 10.2 Å². The molecule has 0 aliphatic carbocycles. The molecule has 0 amide bonds. The zero-order valence-corrected chi connectivity index (χ0v) is 51.8. The SMILES string of the molecule is CCCCCCCCCCCC[Si](C)(CCCCO[Si](C)(CCCCO[Si](C)(CCCCO[Si](C)(C)O[SiH2]C)CC[Si](C)(C)O[Si](C)(C)C)CCCOCC(O)CO)O[SiH2]C. The smallest absolute Gasteiger partial charge is 0.321 e. The van der Waals surface area contributed by atoms with E-state index in [4.69, 9.17) is 30.4 Å². The first-order valence-electron chi connectivity index (χ1n) is 25.4. The zero-order chi connectivity index (χ0) is 46.2. The topological polar surface area (TPSA) is 105 Å². The molecule has 0 rings (SSSR count). The number of hydrogen-bond donors (Lipinski definition) is 2. The molecule has 368 valence electrons. The molecule has 4 unspecified atom stereocenters. The van der Waals surface area contributed by atoms with Gasteiger partial charge in [0.2, 0.25) is 0 Å². The minimum atomic E-state index is -1.98. The Morgan fingerprint density at radius 3 is 1.36 bits per heavy atom. The Labute approximate surface area is 390 Å². The van der Waals surface area contributed by atoms with Crippen LogP contribution < -0.4 is 0 Å². The molecule has 0 radical (unpaired) electrons. The van der Waals surface area contributed by atoms with Crippen molar-refractivity contribution in [2.75, 3.05) is 39.6 Å². The third-order valence-corrected chi connectivity index (χ3v) is 37.6. The standard InChI is InChI=1S/C44H106O9Si8/c1-14-15-16-17-18-19-20-21-22-26-37-61(13,52-55-3)38-29-25-33-49-59(11,39-30-31-47-43-44(46)42-45)35-28-24-34-50-60(12,41-40-57(7,8)53-56(4,5)6)36-27-23-32-48-58(9,10)51-54-2/h44-46H,14-43,54-55H2,1-13H3. The largest absolute Gasteiger partial charge is 0.461 e. The molecule has 0 aromatic carbocycles.